The van der Waals surface area contributed by atoms with E-state index in [2.05, 4.69) is 20.2 Å². The first-order chi connectivity index (χ1) is 17.0. The number of rotatable bonds is 5. The molecular formula is C25H38N6O5. The average molecular weight is 503 g/mol. The van der Waals surface area contributed by atoms with E-state index in [1.807, 2.05) is 51.4 Å². The van der Waals surface area contributed by atoms with E-state index >= 15 is 0 Å². The number of piperidine rings is 1. The number of carbonyl (C=O) groups is 1. The number of hydrogen-bond donors (Lipinski definition) is 2. The zero-order valence-electron chi connectivity index (χ0n) is 21.8. The molecule has 5 atom stereocenters. The minimum absolute atomic E-state index is 0.170. The SMILES string of the molecule is CC(C)(C)OC(=O)NCC1CCCN(C[C@H]2O[C@@H](n3ccc4c(N)ncnc43)[C@@H]3OC(C)(C)O[C@@H]32)C1. The van der Waals surface area contributed by atoms with E-state index < -0.39 is 11.4 Å². The fraction of sp³-hybridized carbons (Fsp3) is 0.720. The molecular weight excluding hydrogens is 464 g/mol. The third kappa shape index (κ3) is 5.29. The number of aromatic nitrogens is 3. The van der Waals surface area contributed by atoms with Gasteiger partial charge in [-0.25, -0.2) is 14.8 Å². The Hall–Kier alpha value is -2.47. The van der Waals surface area contributed by atoms with Crippen LogP contribution in [0.3, 0.4) is 0 Å². The van der Waals surface area contributed by atoms with E-state index in [9.17, 15) is 4.79 Å². The Morgan fingerprint density at radius 3 is 2.83 bits per heavy atom. The van der Waals surface area contributed by atoms with E-state index in [4.69, 9.17) is 24.7 Å². The average Bonchev–Trinajstić information content (AvgIpc) is 3.44. The molecule has 3 fully saturated rings. The Balaban J connectivity index is 1.26. The lowest BCUT2D eigenvalue weighted by molar-refractivity contribution is -0.198. The summed E-state index contributed by atoms with van der Waals surface area (Å²) in [4.78, 5) is 23.0. The third-order valence-corrected chi connectivity index (χ3v) is 6.91. The van der Waals surface area contributed by atoms with Gasteiger partial charge in [0.25, 0.3) is 0 Å². The van der Waals surface area contributed by atoms with Crippen molar-refractivity contribution in [3.05, 3.63) is 18.6 Å². The molecule has 198 valence electrons. The van der Waals surface area contributed by atoms with Gasteiger partial charge < -0.3 is 39.5 Å². The molecule has 11 nitrogen and oxygen atoms in total. The molecule has 1 amide bonds. The molecule has 0 radical (unpaired) electrons. The van der Waals surface area contributed by atoms with E-state index in [0.29, 0.717) is 23.9 Å². The Kier molecular flexibility index (Phi) is 6.61. The predicted octanol–water partition coefficient (Wildman–Crippen LogP) is 2.67. The second-order valence-electron chi connectivity index (χ2n) is 11.5. The van der Waals surface area contributed by atoms with Crippen molar-refractivity contribution in [2.75, 3.05) is 31.9 Å². The number of likely N-dealkylation sites (tertiary alicyclic amines) is 1. The lowest BCUT2D eigenvalue weighted by Gasteiger charge is -2.35. The number of alkyl carbamates (subject to hydrolysis) is 1. The molecule has 5 rings (SSSR count). The highest BCUT2D eigenvalue weighted by Crippen LogP contribution is 2.44. The molecule has 36 heavy (non-hydrogen) atoms. The quantitative estimate of drug-likeness (QED) is 0.634. The van der Waals surface area contributed by atoms with Gasteiger partial charge in [-0.15, -0.1) is 0 Å². The van der Waals surface area contributed by atoms with Gasteiger partial charge in [0.15, 0.2) is 12.0 Å². The van der Waals surface area contributed by atoms with E-state index in [1.165, 1.54) is 6.33 Å². The van der Waals surface area contributed by atoms with E-state index in [-0.39, 0.29) is 30.6 Å². The lowest BCUT2D eigenvalue weighted by Crippen LogP contribution is -2.46. The monoisotopic (exact) mass is 502 g/mol. The maximum Gasteiger partial charge on any atom is 0.407 e. The number of ether oxygens (including phenoxy) is 4. The van der Waals surface area contributed by atoms with Crippen LogP contribution in [-0.4, -0.2) is 81.4 Å². The largest absolute Gasteiger partial charge is 0.444 e. The van der Waals surface area contributed by atoms with Crippen molar-refractivity contribution >= 4 is 22.9 Å². The van der Waals surface area contributed by atoms with Crippen molar-refractivity contribution in [3.63, 3.8) is 0 Å². The summed E-state index contributed by atoms with van der Waals surface area (Å²) in [5.41, 5.74) is 6.26. The number of nitrogens with zero attached hydrogens (tertiary/aromatic N) is 4. The number of fused-ring (bicyclic) bond motifs is 2. The highest BCUT2D eigenvalue weighted by molar-refractivity contribution is 5.86. The first kappa shape index (κ1) is 25.2. The van der Waals surface area contributed by atoms with Gasteiger partial charge in [0.2, 0.25) is 0 Å². The predicted molar refractivity (Wildman–Crippen MR) is 133 cm³/mol. The lowest BCUT2D eigenvalue weighted by atomic mass is 9.97. The maximum atomic E-state index is 12.1. The van der Waals surface area contributed by atoms with Gasteiger partial charge in [-0.1, -0.05) is 0 Å². The molecule has 0 bridgehead atoms. The molecule has 3 N–H and O–H groups in total. The van der Waals surface area contributed by atoms with Crippen molar-refractivity contribution in [1.29, 1.82) is 0 Å². The number of amides is 1. The Morgan fingerprint density at radius 1 is 1.28 bits per heavy atom. The van der Waals surface area contributed by atoms with Crippen LogP contribution in [0.25, 0.3) is 11.0 Å². The number of nitrogens with one attached hydrogen (secondary N) is 1. The molecule has 1 unspecified atom stereocenters. The van der Waals surface area contributed by atoms with Crippen molar-refractivity contribution in [2.24, 2.45) is 5.92 Å². The van der Waals surface area contributed by atoms with Gasteiger partial charge in [-0.05, 0) is 66.0 Å². The smallest absolute Gasteiger partial charge is 0.407 e. The van der Waals surface area contributed by atoms with Crippen molar-refractivity contribution < 1.29 is 23.7 Å². The van der Waals surface area contributed by atoms with Gasteiger partial charge in [-0.3, -0.25) is 0 Å². The van der Waals surface area contributed by atoms with Crippen LogP contribution in [0.1, 0.15) is 53.7 Å². The van der Waals surface area contributed by atoms with Crippen LogP contribution >= 0.6 is 0 Å². The summed E-state index contributed by atoms with van der Waals surface area (Å²) in [7, 11) is 0. The van der Waals surface area contributed by atoms with Gasteiger partial charge in [0, 0.05) is 25.8 Å². The van der Waals surface area contributed by atoms with Crippen LogP contribution in [-0.2, 0) is 18.9 Å². The second-order valence-corrected chi connectivity index (χ2v) is 11.5. The van der Waals surface area contributed by atoms with Gasteiger partial charge in [-0.2, -0.15) is 0 Å². The number of nitrogen functional groups attached to an aromatic ring is 1. The van der Waals surface area contributed by atoms with E-state index in [1.54, 1.807) is 0 Å². The molecule has 0 saturated carbocycles. The fourth-order valence-electron chi connectivity index (χ4n) is 5.51. The van der Waals surface area contributed by atoms with Crippen molar-refractivity contribution in [1.82, 2.24) is 24.8 Å². The topological polar surface area (TPSA) is 126 Å². The molecule has 0 spiro atoms. The number of nitrogens with two attached hydrogens (primary N) is 1. The van der Waals surface area contributed by atoms with Crippen LogP contribution in [0.5, 0.6) is 0 Å². The van der Waals surface area contributed by atoms with Gasteiger partial charge >= 0.3 is 6.09 Å². The molecule has 5 heterocycles. The van der Waals surface area contributed by atoms with Crippen LogP contribution in [0.15, 0.2) is 18.6 Å². The van der Waals surface area contributed by atoms with Crippen LogP contribution in [0.2, 0.25) is 0 Å². The summed E-state index contributed by atoms with van der Waals surface area (Å²) in [6.45, 7) is 12.6. The van der Waals surface area contributed by atoms with Crippen LogP contribution in [0.4, 0.5) is 10.6 Å². The second kappa shape index (κ2) is 9.44. The first-order valence-corrected chi connectivity index (χ1v) is 12.8. The summed E-state index contributed by atoms with van der Waals surface area (Å²) >= 11 is 0. The number of anilines is 1. The minimum atomic E-state index is -0.700. The van der Waals surface area contributed by atoms with Crippen LogP contribution < -0.4 is 11.1 Å². The van der Waals surface area contributed by atoms with Crippen molar-refractivity contribution in [2.45, 2.75) is 83.4 Å². The Bertz CT molecular complexity index is 1100. The number of carbonyl (C=O) groups excluding carboxylic acids is 1. The zero-order chi connectivity index (χ0) is 25.7. The molecule has 2 aromatic heterocycles. The summed E-state index contributed by atoms with van der Waals surface area (Å²) in [5.74, 6) is 0.0894. The number of hydrogen-bond acceptors (Lipinski definition) is 9. The summed E-state index contributed by atoms with van der Waals surface area (Å²) in [5, 5.41) is 3.72. The standard InChI is InChI=1S/C25H38N6O5/c1-24(2,3)36-23(32)27-11-15-7-6-9-30(12-15)13-17-18-19(35-25(4,5)34-18)22(33-17)31-10-8-16-20(26)28-14-29-21(16)31/h8,10,14-15,17-19,22H,6-7,9,11-13H2,1-5H3,(H,27,32)(H2,26,28,29)/t15?,17-,18-,19-,22-/m1/s1. The molecule has 3 aliphatic rings. The maximum absolute atomic E-state index is 12.1. The molecule has 11 heteroatoms. The summed E-state index contributed by atoms with van der Waals surface area (Å²) < 4.78 is 26.6. The Morgan fingerprint density at radius 2 is 2.06 bits per heavy atom. The molecule has 3 saturated heterocycles. The third-order valence-electron chi connectivity index (χ3n) is 6.91. The Labute approximate surface area is 211 Å². The minimum Gasteiger partial charge on any atom is -0.444 e. The summed E-state index contributed by atoms with van der Waals surface area (Å²) in [6.07, 6.45) is 4.11. The highest BCUT2D eigenvalue weighted by atomic mass is 16.8. The first-order valence-electron chi connectivity index (χ1n) is 12.8. The van der Waals surface area contributed by atoms with E-state index in [0.717, 1.165) is 37.9 Å². The molecule has 2 aromatic rings. The molecule has 3 aliphatic heterocycles. The zero-order valence-corrected chi connectivity index (χ0v) is 21.8. The molecule has 0 aliphatic carbocycles. The van der Waals surface area contributed by atoms with Gasteiger partial charge in [0.05, 0.1) is 5.39 Å². The highest BCUT2D eigenvalue weighted by Gasteiger charge is 2.56. The molecule has 0 aromatic carbocycles. The van der Waals surface area contributed by atoms with Crippen LogP contribution in [0, 0.1) is 5.92 Å². The van der Waals surface area contributed by atoms with Crippen molar-refractivity contribution in [3.8, 4) is 0 Å². The summed E-state index contributed by atoms with van der Waals surface area (Å²) in [6, 6.07) is 1.91. The normalized spacial score (nSPS) is 30.4. The van der Waals surface area contributed by atoms with Gasteiger partial charge in [0.1, 0.15) is 41.7 Å². The fourth-order valence-corrected chi connectivity index (χ4v) is 5.51.